The summed E-state index contributed by atoms with van der Waals surface area (Å²) in [4.78, 5) is 0. The molecule has 0 saturated heterocycles. The Morgan fingerprint density at radius 3 is 2.93 bits per heavy atom. The number of hydrogen-bond donors (Lipinski definition) is 1. The van der Waals surface area contributed by atoms with E-state index < -0.39 is 0 Å². The standard InChI is InChI=1S/C11H14INO/c1-6-5-8-9(13)3-4-14-11(8)7(2)10(6)12/h5,9H,3-4,13H2,1-2H3/t9-/m1/s1. The summed E-state index contributed by atoms with van der Waals surface area (Å²) in [6.45, 7) is 4.97. The Bertz CT molecular complexity index is 376. The lowest BCUT2D eigenvalue weighted by Gasteiger charge is -2.25. The number of fused-ring (bicyclic) bond motifs is 1. The molecule has 0 unspecified atom stereocenters. The maximum Gasteiger partial charge on any atom is 0.128 e. The second kappa shape index (κ2) is 3.70. The minimum atomic E-state index is 0.146. The van der Waals surface area contributed by atoms with Crippen LogP contribution in [-0.2, 0) is 0 Å². The third-order valence-electron chi connectivity index (χ3n) is 2.72. The average Bonchev–Trinajstić information content (AvgIpc) is 2.17. The third kappa shape index (κ3) is 1.52. The Balaban J connectivity index is 2.63. The van der Waals surface area contributed by atoms with Gasteiger partial charge in [-0.1, -0.05) is 0 Å². The largest absolute Gasteiger partial charge is 0.493 e. The van der Waals surface area contributed by atoms with Crippen LogP contribution in [0.4, 0.5) is 0 Å². The van der Waals surface area contributed by atoms with E-state index in [4.69, 9.17) is 10.5 Å². The van der Waals surface area contributed by atoms with Crippen molar-refractivity contribution in [2.45, 2.75) is 26.3 Å². The van der Waals surface area contributed by atoms with Crippen molar-refractivity contribution < 1.29 is 4.74 Å². The fourth-order valence-corrected chi connectivity index (χ4v) is 2.29. The van der Waals surface area contributed by atoms with Crippen molar-refractivity contribution in [3.05, 3.63) is 26.3 Å². The topological polar surface area (TPSA) is 35.2 Å². The number of hydrogen-bond acceptors (Lipinski definition) is 2. The van der Waals surface area contributed by atoms with Gasteiger partial charge in [0.1, 0.15) is 5.75 Å². The molecule has 3 heteroatoms. The number of rotatable bonds is 0. The van der Waals surface area contributed by atoms with Crippen LogP contribution in [-0.4, -0.2) is 6.61 Å². The van der Waals surface area contributed by atoms with Gasteiger partial charge < -0.3 is 10.5 Å². The van der Waals surface area contributed by atoms with Gasteiger partial charge in [-0.05, 0) is 48.1 Å². The summed E-state index contributed by atoms with van der Waals surface area (Å²) >= 11 is 2.36. The highest BCUT2D eigenvalue weighted by molar-refractivity contribution is 14.1. The second-order valence-electron chi connectivity index (χ2n) is 3.79. The summed E-state index contributed by atoms with van der Waals surface area (Å²) in [5.74, 6) is 1.01. The molecule has 1 aliphatic heterocycles. The maximum absolute atomic E-state index is 6.05. The Labute approximate surface area is 98.0 Å². The zero-order valence-electron chi connectivity index (χ0n) is 8.43. The van der Waals surface area contributed by atoms with E-state index >= 15 is 0 Å². The molecular formula is C11H14INO. The van der Waals surface area contributed by atoms with E-state index in [2.05, 4.69) is 42.5 Å². The van der Waals surface area contributed by atoms with Crippen molar-refractivity contribution in [2.24, 2.45) is 5.73 Å². The van der Waals surface area contributed by atoms with Crippen molar-refractivity contribution in [2.75, 3.05) is 6.61 Å². The van der Waals surface area contributed by atoms with Crippen molar-refractivity contribution in [3.63, 3.8) is 0 Å². The van der Waals surface area contributed by atoms with Crippen LogP contribution in [0.2, 0.25) is 0 Å². The van der Waals surface area contributed by atoms with Crippen LogP contribution in [0.25, 0.3) is 0 Å². The predicted molar refractivity (Wildman–Crippen MR) is 65.7 cm³/mol. The minimum Gasteiger partial charge on any atom is -0.493 e. The van der Waals surface area contributed by atoms with Crippen molar-refractivity contribution in [3.8, 4) is 5.75 Å². The summed E-state index contributed by atoms with van der Waals surface area (Å²) in [7, 11) is 0. The summed E-state index contributed by atoms with van der Waals surface area (Å²) in [5.41, 5.74) is 9.75. The molecule has 1 aliphatic rings. The van der Waals surface area contributed by atoms with Gasteiger partial charge in [-0.2, -0.15) is 0 Å². The first-order valence-corrected chi connectivity index (χ1v) is 5.87. The van der Waals surface area contributed by atoms with Crippen LogP contribution in [0.3, 0.4) is 0 Å². The first kappa shape index (κ1) is 10.2. The Kier molecular flexibility index (Phi) is 2.70. The summed E-state index contributed by atoms with van der Waals surface area (Å²) < 4.78 is 6.96. The SMILES string of the molecule is Cc1cc2c(c(C)c1I)OCC[C@H]2N. The van der Waals surface area contributed by atoms with E-state index in [9.17, 15) is 0 Å². The fraction of sp³-hybridized carbons (Fsp3) is 0.455. The molecule has 2 N–H and O–H groups in total. The van der Waals surface area contributed by atoms with Crippen molar-refractivity contribution in [1.82, 2.24) is 0 Å². The van der Waals surface area contributed by atoms with Gasteiger partial charge in [0.25, 0.3) is 0 Å². The highest BCUT2D eigenvalue weighted by atomic mass is 127. The van der Waals surface area contributed by atoms with Gasteiger partial charge >= 0.3 is 0 Å². The Morgan fingerprint density at radius 1 is 1.50 bits per heavy atom. The van der Waals surface area contributed by atoms with Gasteiger partial charge in [0.2, 0.25) is 0 Å². The number of ether oxygens (including phenoxy) is 1. The molecule has 1 aromatic rings. The van der Waals surface area contributed by atoms with Gasteiger partial charge in [0.05, 0.1) is 6.61 Å². The summed E-state index contributed by atoms with van der Waals surface area (Å²) in [6, 6.07) is 2.31. The Morgan fingerprint density at radius 2 is 2.21 bits per heavy atom. The molecule has 2 rings (SSSR count). The monoisotopic (exact) mass is 303 g/mol. The lowest BCUT2D eigenvalue weighted by Crippen LogP contribution is -2.21. The van der Waals surface area contributed by atoms with E-state index in [1.807, 2.05) is 0 Å². The maximum atomic E-state index is 6.05. The van der Waals surface area contributed by atoms with Gasteiger partial charge in [0, 0.05) is 27.2 Å². The van der Waals surface area contributed by atoms with Crippen LogP contribution in [0.5, 0.6) is 5.75 Å². The third-order valence-corrected chi connectivity index (χ3v) is 4.38. The molecule has 14 heavy (non-hydrogen) atoms. The van der Waals surface area contributed by atoms with Gasteiger partial charge in [-0.25, -0.2) is 0 Å². The van der Waals surface area contributed by atoms with E-state index in [1.165, 1.54) is 20.3 Å². The molecule has 1 atom stereocenters. The number of nitrogens with two attached hydrogens (primary N) is 1. The zero-order chi connectivity index (χ0) is 10.3. The smallest absolute Gasteiger partial charge is 0.128 e. The van der Waals surface area contributed by atoms with Crippen LogP contribution >= 0.6 is 22.6 Å². The lowest BCUT2D eigenvalue weighted by atomic mass is 9.96. The fourth-order valence-electron chi connectivity index (χ4n) is 1.88. The van der Waals surface area contributed by atoms with Gasteiger partial charge in [-0.3, -0.25) is 0 Å². The molecule has 0 fully saturated rings. The molecule has 1 heterocycles. The predicted octanol–water partition coefficient (Wildman–Crippen LogP) is 2.69. The molecule has 0 spiro atoms. The molecule has 0 amide bonds. The number of halogens is 1. The highest BCUT2D eigenvalue weighted by Crippen LogP contribution is 2.37. The highest BCUT2D eigenvalue weighted by Gasteiger charge is 2.21. The zero-order valence-corrected chi connectivity index (χ0v) is 10.6. The Hall–Kier alpha value is -0.290. The van der Waals surface area contributed by atoms with E-state index in [0.29, 0.717) is 0 Å². The normalized spacial score (nSPS) is 20.1. The van der Waals surface area contributed by atoms with Gasteiger partial charge in [-0.15, -0.1) is 0 Å². The van der Waals surface area contributed by atoms with Crippen molar-refractivity contribution in [1.29, 1.82) is 0 Å². The summed E-state index contributed by atoms with van der Waals surface area (Å²) in [5, 5.41) is 0. The molecule has 76 valence electrons. The van der Waals surface area contributed by atoms with E-state index in [0.717, 1.165) is 18.8 Å². The molecule has 0 aliphatic carbocycles. The first-order valence-electron chi connectivity index (χ1n) is 4.79. The average molecular weight is 303 g/mol. The van der Waals surface area contributed by atoms with E-state index in [-0.39, 0.29) is 6.04 Å². The quantitative estimate of drug-likeness (QED) is 0.748. The molecule has 1 aromatic carbocycles. The molecule has 0 aromatic heterocycles. The van der Waals surface area contributed by atoms with Gasteiger partial charge in [0.15, 0.2) is 0 Å². The van der Waals surface area contributed by atoms with Crippen LogP contribution in [0.1, 0.15) is 29.2 Å². The minimum absolute atomic E-state index is 0.146. The molecule has 2 nitrogen and oxygen atoms in total. The molecule has 0 radical (unpaired) electrons. The molecule has 0 saturated carbocycles. The lowest BCUT2D eigenvalue weighted by molar-refractivity contribution is 0.266. The summed E-state index contributed by atoms with van der Waals surface area (Å²) in [6.07, 6.45) is 0.923. The number of benzene rings is 1. The van der Waals surface area contributed by atoms with Crippen molar-refractivity contribution >= 4 is 22.6 Å². The van der Waals surface area contributed by atoms with E-state index in [1.54, 1.807) is 0 Å². The van der Waals surface area contributed by atoms with Crippen LogP contribution in [0.15, 0.2) is 6.07 Å². The molecular weight excluding hydrogens is 289 g/mol. The number of aryl methyl sites for hydroxylation is 1. The second-order valence-corrected chi connectivity index (χ2v) is 4.87. The first-order chi connectivity index (χ1) is 6.61. The van der Waals surface area contributed by atoms with Crippen LogP contribution < -0.4 is 10.5 Å². The van der Waals surface area contributed by atoms with Crippen LogP contribution in [0, 0.1) is 17.4 Å². The molecule has 0 bridgehead atoms.